The Morgan fingerprint density at radius 2 is 2.30 bits per heavy atom. The van der Waals surface area contributed by atoms with Gasteiger partial charge >= 0.3 is 0 Å². The second-order valence-corrected chi connectivity index (χ2v) is 2.67. The summed E-state index contributed by atoms with van der Waals surface area (Å²) in [7, 11) is 0. The van der Waals surface area contributed by atoms with Crippen LogP contribution in [0.15, 0.2) is 28.4 Å². The first-order valence-corrected chi connectivity index (χ1v) is 3.47. The largest absolute Gasteiger partial charge is 0.411 e. The lowest BCUT2D eigenvalue weighted by Crippen LogP contribution is -2.14. The minimum atomic E-state index is -0.503. The summed E-state index contributed by atoms with van der Waals surface area (Å²) in [4.78, 5) is 0. The van der Waals surface area contributed by atoms with Crippen molar-refractivity contribution in [2.45, 2.75) is 5.38 Å². The second-order valence-electron chi connectivity index (χ2n) is 1.80. The zero-order valence-corrected chi connectivity index (χ0v) is 6.47. The van der Waals surface area contributed by atoms with E-state index in [-0.39, 0.29) is 0 Å². The topological polar surface area (TPSA) is 32.6 Å². The average molecular weight is 178 g/mol. The maximum Gasteiger partial charge on any atom is 0.114 e. The van der Waals surface area contributed by atoms with Crippen LogP contribution in [0, 0.1) is 0 Å². The fourth-order valence-electron chi connectivity index (χ4n) is 0.633. The summed E-state index contributed by atoms with van der Waals surface area (Å²) in [5.74, 6) is 0. The lowest BCUT2D eigenvalue weighted by molar-refractivity contribution is 0.319. The Morgan fingerprint density at radius 3 is 2.80 bits per heavy atom. The van der Waals surface area contributed by atoms with Gasteiger partial charge in [0.25, 0.3) is 0 Å². The van der Waals surface area contributed by atoms with Crippen molar-refractivity contribution >= 4 is 28.9 Å². The number of hydrogen-bond acceptors (Lipinski definition) is 2. The predicted molar refractivity (Wildman–Crippen MR) is 41.9 cm³/mol. The highest BCUT2D eigenvalue weighted by molar-refractivity contribution is 6.45. The summed E-state index contributed by atoms with van der Waals surface area (Å²) in [6.07, 6.45) is 4.94. The number of nitrogens with zero attached hydrogens (tertiary/aromatic N) is 1. The van der Waals surface area contributed by atoms with E-state index < -0.39 is 5.38 Å². The molecule has 1 aliphatic rings. The van der Waals surface area contributed by atoms with Gasteiger partial charge in [0.2, 0.25) is 0 Å². The smallest absolute Gasteiger partial charge is 0.114 e. The molecule has 0 amide bonds. The van der Waals surface area contributed by atoms with Gasteiger partial charge in [-0.05, 0) is 12.2 Å². The molecule has 0 saturated carbocycles. The van der Waals surface area contributed by atoms with E-state index in [1.54, 1.807) is 18.2 Å². The molecule has 54 valence electrons. The van der Waals surface area contributed by atoms with Crippen LogP contribution in [0.25, 0.3) is 0 Å². The van der Waals surface area contributed by atoms with Crippen LogP contribution in [-0.2, 0) is 0 Å². The first-order valence-electron chi connectivity index (χ1n) is 2.65. The van der Waals surface area contributed by atoms with Gasteiger partial charge in [-0.1, -0.05) is 22.8 Å². The molecule has 0 aromatic rings. The lowest BCUT2D eigenvalue weighted by Gasteiger charge is -2.09. The second kappa shape index (κ2) is 3.08. The van der Waals surface area contributed by atoms with E-state index in [0.29, 0.717) is 10.7 Å². The standard InChI is InChI=1S/C6H5Cl2NO/c7-4-2-1-3-5(9-10)6(4)8/h1-3,6,10H. The van der Waals surface area contributed by atoms with Gasteiger partial charge in [-0.25, -0.2) is 0 Å². The Bertz CT molecular complexity index is 220. The Labute approximate surface area is 68.4 Å². The van der Waals surface area contributed by atoms with Crippen LogP contribution in [0.2, 0.25) is 0 Å². The quantitative estimate of drug-likeness (QED) is 0.344. The third-order valence-electron chi connectivity index (χ3n) is 1.14. The van der Waals surface area contributed by atoms with Gasteiger partial charge in [-0.2, -0.15) is 0 Å². The van der Waals surface area contributed by atoms with E-state index in [2.05, 4.69) is 5.16 Å². The van der Waals surface area contributed by atoms with Gasteiger partial charge in [0, 0.05) is 5.03 Å². The summed E-state index contributed by atoms with van der Waals surface area (Å²) in [6.45, 7) is 0. The third kappa shape index (κ3) is 1.33. The van der Waals surface area contributed by atoms with Gasteiger partial charge in [0.15, 0.2) is 0 Å². The Kier molecular flexibility index (Phi) is 2.35. The molecule has 0 spiro atoms. The van der Waals surface area contributed by atoms with Crippen LogP contribution >= 0.6 is 23.2 Å². The van der Waals surface area contributed by atoms with Gasteiger partial charge in [-0.15, -0.1) is 11.6 Å². The van der Waals surface area contributed by atoms with E-state index in [9.17, 15) is 0 Å². The van der Waals surface area contributed by atoms with Gasteiger partial charge in [0.1, 0.15) is 11.1 Å². The zero-order chi connectivity index (χ0) is 7.56. The molecule has 0 aliphatic heterocycles. The number of alkyl halides is 1. The Hall–Kier alpha value is -0.470. The summed E-state index contributed by atoms with van der Waals surface area (Å²) < 4.78 is 0. The van der Waals surface area contributed by atoms with Gasteiger partial charge in [0.05, 0.1) is 0 Å². The minimum Gasteiger partial charge on any atom is -0.411 e. The van der Waals surface area contributed by atoms with E-state index in [0.717, 1.165) is 0 Å². The average Bonchev–Trinajstić information content (AvgIpc) is 1.95. The minimum absolute atomic E-state index is 0.370. The molecule has 4 heteroatoms. The van der Waals surface area contributed by atoms with Crippen molar-refractivity contribution in [2.75, 3.05) is 0 Å². The summed E-state index contributed by atoms with van der Waals surface area (Å²) in [5.41, 5.74) is 0.370. The number of rotatable bonds is 0. The van der Waals surface area contributed by atoms with Crippen LogP contribution in [0.1, 0.15) is 0 Å². The van der Waals surface area contributed by atoms with Crippen molar-refractivity contribution < 1.29 is 5.21 Å². The molecule has 0 aromatic carbocycles. The SMILES string of the molecule is ON=C1C=CC=C(Cl)C1Cl. The molecule has 1 N–H and O–H groups in total. The van der Waals surface area contributed by atoms with Crippen LogP contribution in [0.4, 0.5) is 0 Å². The summed E-state index contributed by atoms with van der Waals surface area (Å²) in [5, 5.41) is 11.3. The molecule has 0 fully saturated rings. The molecule has 0 aromatic heterocycles. The van der Waals surface area contributed by atoms with E-state index >= 15 is 0 Å². The first-order chi connectivity index (χ1) is 4.75. The van der Waals surface area contributed by atoms with Gasteiger partial charge < -0.3 is 5.21 Å². The van der Waals surface area contributed by atoms with Crippen molar-refractivity contribution in [3.8, 4) is 0 Å². The van der Waals surface area contributed by atoms with Crippen molar-refractivity contribution in [2.24, 2.45) is 5.16 Å². The summed E-state index contributed by atoms with van der Waals surface area (Å²) >= 11 is 11.3. The number of allylic oxidation sites excluding steroid dienone is 4. The first kappa shape index (κ1) is 7.63. The Balaban J connectivity index is 2.89. The maximum atomic E-state index is 8.35. The van der Waals surface area contributed by atoms with Crippen LogP contribution in [0.5, 0.6) is 0 Å². The van der Waals surface area contributed by atoms with E-state index in [1.165, 1.54) is 0 Å². The van der Waals surface area contributed by atoms with Crippen molar-refractivity contribution in [3.05, 3.63) is 23.3 Å². The molecule has 1 unspecified atom stereocenters. The molecular formula is C6H5Cl2NO. The van der Waals surface area contributed by atoms with E-state index in [1.807, 2.05) is 0 Å². The highest BCUT2D eigenvalue weighted by Crippen LogP contribution is 2.20. The van der Waals surface area contributed by atoms with E-state index in [4.69, 9.17) is 28.4 Å². The molecule has 2 nitrogen and oxygen atoms in total. The van der Waals surface area contributed by atoms with Crippen molar-refractivity contribution in [1.82, 2.24) is 0 Å². The van der Waals surface area contributed by atoms with Crippen molar-refractivity contribution in [3.63, 3.8) is 0 Å². The van der Waals surface area contributed by atoms with Crippen molar-refractivity contribution in [1.29, 1.82) is 0 Å². The molecule has 0 saturated heterocycles. The predicted octanol–water partition coefficient (Wildman–Crippen LogP) is 2.12. The molecule has 0 radical (unpaired) electrons. The monoisotopic (exact) mass is 177 g/mol. The highest BCUT2D eigenvalue weighted by atomic mass is 35.5. The fourth-order valence-corrected chi connectivity index (χ4v) is 1.01. The fraction of sp³-hybridized carbons (Fsp3) is 0.167. The summed E-state index contributed by atoms with van der Waals surface area (Å²) in [6, 6.07) is 0. The normalized spacial score (nSPS) is 28.8. The maximum absolute atomic E-state index is 8.35. The third-order valence-corrected chi connectivity index (χ3v) is 2.05. The van der Waals surface area contributed by atoms with Crippen LogP contribution < -0.4 is 0 Å². The van der Waals surface area contributed by atoms with Crippen LogP contribution in [0.3, 0.4) is 0 Å². The number of halogens is 2. The zero-order valence-electron chi connectivity index (χ0n) is 4.96. The molecule has 1 aliphatic carbocycles. The van der Waals surface area contributed by atoms with Crippen LogP contribution in [-0.4, -0.2) is 16.3 Å². The molecule has 0 heterocycles. The molecular weight excluding hydrogens is 173 g/mol. The molecule has 10 heavy (non-hydrogen) atoms. The molecule has 1 atom stereocenters. The number of oxime groups is 1. The lowest BCUT2D eigenvalue weighted by atomic mass is 10.1. The highest BCUT2D eigenvalue weighted by Gasteiger charge is 2.16. The Morgan fingerprint density at radius 1 is 1.60 bits per heavy atom. The molecule has 1 rings (SSSR count). The molecule has 0 bridgehead atoms. The number of hydrogen-bond donors (Lipinski definition) is 1. The van der Waals surface area contributed by atoms with Gasteiger partial charge in [-0.3, -0.25) is 0 Å².